The predicted molar refractivity (Wildman–Crippen MR) is 84.5 cm³/mol. The first kappa shape index (κ1) is 18.0. The Bertz CT molecular complexity index is 395. The number of amides is 2. The van der Waals surface area contributed by atoms with E-state index in [-0.39, 0.29) is 35.1 Å². The third-order valence-electron chi connectivity index (χ3n) is 5.42. The molecule has 4 unspecified atom stereocenters. The zero-order valence-electron chi connectivity index (χ0n) is 14.3. The number of hydrogen-bond acceptors (Lipinski definition) is 3. The molecule has 0 saturated heterocycles. The maximum Gasteiger partial charge on any atom is 0.225 e. The first-order chi connectivity index (χ1) is 9.62. The van der Waals surface area contributed by atoms with E-state index in [2.05, 4.69) is 26.1 Å². The van der Waals surface area contributed by atoms with Gasteiger partial charge in [0.1, 0.15) is 0 Å². The van der Waals surface area contributed by atoms with Gasteiger partial charge in [0, 0.05) is 32.6 Å². The number of nitrogens with zero attached hydrogens (tertiary/aromatic N) is 1. The monoisotopic (exact) mass is 297 g/mol. The van der Waals surface area contributed by atoms with Crippen LogP contribution in [0.2, 0.25) is 0 Å². The molecule has 1 rings (SSSR count). The molecule has 0 aromatic rings. The summed E-state index contributed by atoms with van der Waals surface area (Å²) in [5.74, 6) is 0.192. The van der Waals surface area contributed by atoms with Gasteiger partial charge in [-0.2, -0.15) is 0 Å². The van der Waals surface area contributed by atoms with Gasteiger partial charge in [0.2, 0.25) is 11.8 Å². The fourth-order valence-electron chi connectivity index (χ4n) is 3.39. The van der Waals surface area contributed by atoms with Gasteiger partial charge in [-0.15, -0.1) is 0 Å². The van der Waals surface area contributed by atoms with Crippen molar-refractivity contribution in [1.82, 2.24) is 10.2 Å². The second-order valence-electron chi connectivity index (χ2n) is 7.14. The van der Waals surface area contributed by atoms with Gasteiger partial charge in [0.15, 0.2) is 0 Å². The number of rotatable bonds is 4. The van der Waals surface area contributed by atoms with Crippen molar-refractivity contribution in [2.24, 2.45) is 28.9 Å². The lowest BCUT2D eigenvalue weighted by Crippen LogP contribution is -2.52. The minimum atomic E-state index is -0.199. The first-order valence-electron chi connectivity index (χ1n) is 7.85. The standard InChI is InChI=1S/C16H31N3O2/c1-10(14(20)18-5)9-19(6)15(21)12-7-8-13(17)11(2)16(12,3)4/h10-13H,7-9,17H2,1-6H3,(H,18,20). The SMILES string of the molecule is CNC(=O)C(C)CN(C)C(=O)C1CCC(N)C(C)C1(C)C. The van der Waals surface area contributed by atoms with Crippen molar-refractivity contribution >= 4 is 11.8 Å². The maximum atomic E-state index is 12.8. The molecule has 0 aromatic heterocycles. The topological polar surface area (TPSA) is 75.4 Å². The van der Waals surface area contributed by atoms with Crippen LogP contribution in [0.3, 0.4) is 0 Å². The van der Waals surface area contributed by atoms with Crippen LogP contribution in [0.4, 0.5) is 0 Å². The number of carbonyl (C=O) groups is 2. The summed E-state index contributed by atoms with van der Waals surface area (Å²) in [5.41, 5.74) is 6.04. The second-order valence-corrected chi connectivity index (χ2v) is 7.14. The molecular weight excluding hydrogens is 266 g/mol. The number of hydrogen-bond donors (Lipinski definition) is 2. The molecule has 0 bridgehead atoms. The molecule has 5 nitrogen and oxygen atoms in total. The smallest absolute Gasteiger partial charge is 0.225 e. The Morgan fingerprint density at radius 2 is 1.95 bits per heavy atom. The summed E-state index contributed by atoms with van der Waals surface area (Å²) in [5, 5.41) is 2.62. The summed E-state index contributed by atoms with van der Waals surface area (Å²) in [6.07, 6.45) is 1.72. The molecule has 0 spiro atoms. The van der Waals surface area contributed by atoms with E-state index < -0.39 is 0 Å². The molecule has 0 radical (unpaired) electrons. The Balaban J connectivity index is 2.76. The van der Waals surface area contributed by atoms with E-state index in [1.54, 1.807) is 19.0 Å². The van der Waals surface area contributed by atoms with Crippen molar-refractivity contribution < 1.29 is 9.59 Å². The molecule has 2 amide bonds. The molecule has 0 aromatic carbocycles. The highest BCUT2D eigenvalue weighted by Crippen LogP contribution is 2.45. The zero-order valence-corrected chi connectivity index (χ0v) is 14.3. The Kier molecular flexibility index (Phi) is 5.79. The van der Waals surface area contributed by atoms with Crippen molar-refractivity contribution in [2.75, 3.05) is 20.6 Å². The van der Waals surface area contributed by atoms with Crippen LogP contribution in [-0.4, -0.2) is 43.4 Å². The molecule has 1 saturated carbocycles. The number of carbonyl (C=O) groups excluding carboxylic acids is 2. The third-order valence-corrected chi connectivity index (χ3v) is 5.42. The summed E-state index contributed by atoms with van der Waals surface area (Å²) < 4.78 is 0. The number of nitrogens with one attached hydrogen (secondary N) is 1. The molecule has 3 N–H and O–H groups in total. The lowest BCUT2D eigenvalue weighted by Gasteiger charge is -2.47. The van der Waals surface area contributed by atoms with Gasteiger partial charge in [0.05, 0.1) is 5.92 Å². The van der Waals surface area contributed by atoms with Crippen LogP contribution >= 0.6 is 0 Å². The van der Waals surface area contributed by atoms with Gasteiger partial charge in [0.25, 0.3) is 0 Å². The van der Waals surface area contributed by atoms with Crippen LogP contribution in [0.1, 0.15) is 40.5 Å². The summed E-state index contributed by atoms with van der Waals surface area (Å²) >= 11 is 0. The van der Waals surface area contributed by atoms with Gasteiger partial charge < -0.3 is 16.0 Å². The highest BCUT2D eigenvalue weighted by atomic mass is 16.2. The molecule has 4 atom stereocenters. The van der Waals surface area contributed by atoms with Crippen LogP contribution < -0.4 is 11.1 Å². The Morgan fingerprint density at radius 1 is 1.38 bits per heavy atom. The molecule has 5 heteroatoms. The van der Waals surface area contributed by atoms with Gasteiger partial charge in [-0.1, -0.05) is 27.7 Å². The molecule has 0 aliphatic heterocycles. The van der Waals surface area contributed by atoms with E-state index >= 15 is 0 Å². The minimum absolute atomic E-state index is 0.0193. The summed E-state index contributed by atoms with van der Waals surface area (Å²) in [4.78, 5) is 26.1. The van der Waals surface area contributed by atoms with Crippen molar-refractivity contribution in [3.8, 4) is 0 Å². The van der Waals surface area contributed by atoms with Gasteiger partial charge in [-0.05, 0) is 24.2 Å². The fourth-order valence-corrected chi connectivity index (χ4v) is 3.39. The van der Waals surface area contributed by atoms with E-state index in [1.165, 1.54) is 0 Å². The van der Waals surface area contributed by atoms with Crippen molar-refractivity contribution in [3.05, 3.63) is 0 Å². The second kappa shape index (κ2) is 6.77. The molecule has 122 valence electrons. The van der Waals surface area contributed by atoms with Crippen molar-refractivity contribution in [3.63, 3.8) is 0 Å². The van der Waals surface area contributed by atoms with Crippen LogP contribution in [0.25, 0.3) is 0 Å². The first-order valence-corrected chi connectivity index (χ1v) is 7.85. The summed E-state index contributed by atoms with van der Waals surface area (Å²) in [6, 6.07) is 0.166. The molecule has 1 fully saturated rings. The average molecular weight is 297 g/mol. The maximum absolute atomic E-state index is 12.8. The normalized spacial score (nSPS) is 29.6. The molecular formula is C16H31N3O2. The third kappa shape index (κ3) is 3.76. The van der Waals surface area contributed by atoms with Crippen LogP contribution in [-0.2, 0) is 9.59 Å². The van der Waals surface area contributed by atoms with Crippen LogP contribution in [0.15, 0.2) is 0 Å². The average Bonchev–Trinajstić information content (AvgIpc) is 2.43. The quantitative estimate of drug-likeness (QED) is 0.819. The Morgan fingerprint density at radius 3 is 2.48 bits per heavy atom. The lowest BCUT2D eigenvalue weighted by atomic mass is 9.60. The number of nitrogens with two attached hydrogens (primary N) is 1. The molecule has 1 aliphatic rings. The Labute approximate surface area is 128 Å². The fraction of sp³-hybridized carbons (Fsp3) is 0.875. The molecule has 1 aliphatic carbocycles. The van der Waals surface area contributed by atoms with E-state index in [4.69, 9.17) is 5.73 Å². The minimum Gasteiger partial charge on any atom is -0.359 e. The largest absolute Gasteiger partial charge is 0.359 e. The van der Waals surface area contributed by atoms with Gasteiger partial charge >= 0.3 is 0 Å². The highest BCUT2D eigenvalue weighted by Gasteiger charge is 2.45. The zero-order chi connectivity index (χ0) is 16.4. The summed E-state index contributed by atoms with van der Waals surface area (Å²) in [7, 11) is 3.41. The lowest BCUT2D eigenvalue weighted by molar-refractivity contribution is -0.143. The van der Waals surface area contributed by atoms with Crippen molar-refractivity contribution in [2.45, 2.75) is 46.6 Å². The van der Waals surface area contributed by atoms with E-state index in [9.17, 15) is 9.59 Å². The van der Waals surface area contributed by atoms with E-state index in [0.717, 1.165) is 12.8 Å². The van der Waals surface area contributed by atoms with E-state index in [0.29, 0.717) is 12.5 Å². The summed E-state index contributed by atoms with van der Waals surface area (Å²) in [6.45, 7) is 8.69. The van der Waals surface area contributed by atoms with Crippen LogP contribution in [0, 0.1) is 23.2 Å². The predicted octanol–water partition coefficient (Wildman–Crippen LogP) is 1.23. The van der Waals surface area contributed by atoms with E-state index in [1.807, 2.05) is 6.92 Å². The molecule has 0 heterocycles. The van der Waals surface area contributed by atoms with Crippen LogP contribution in [0.5, 0.6) is 0 Å². The Hall–Kier alpha value is -1.10. The van der Waals surface area contributed by atoms with Crippen molar-refractivity contribution in [1.29, 1.82) is 0 Å². The molecule has 21 heavy (non-hydrogen) atoms. The van der Waals surface area contributed by atoms with Gasteiger partial charge in [-0.3, -0.25) is 9.59 Å². The van der Waals surface area contributed by atoms with Gasteiger partial charge in [-0.25, -0.2) is 0 Å². The highest BCUT2D eigenvalue weighted by molar-refractivity contribution is 5.82.